The summed E-state index contributed by atoms with van der Waals surface area (Å²) in [4.78, 5) is 32.5. The first-order valence-corrected chi connectivity index (χ1v) is 11.3. The molecule has 0 saturated carbocycles. The van der Waals surface area contributed by atoms with Gasteiger partial charge in [0.1, 0.15) is 5.75 Å². The Morgan fingerprint density at radius 3 is 2.48 bits per heavy atom. The number of ether oxygens (including phenoxy) is 1. The Morgan fingerprint density at radius 1 is 1.06 bits per heavy atom. The lowest BCUT2D eigenvalue weighted by Crippen LogP contribution is -2.20. The van der Waals surface area contributed by atoms with Crippen LogP contribution in [0.25, 0.3) is 0 Å². The van der Waals surface area contributed by atoms with Crippen molar-refractivity contribution in [2.75, 3.05) is 17.7 Å². The van der Waals surface area contributed by atoms with Gasteiger partial charge in [0.25, 0.3) is 11.8 Å². The van der Waals surface area contributed by atoms with Crippen LogP contribution in [0.2, 0.25) is 5.02 Å². The predicted octanol–water partition coefficient (Wildman–Crippen LogP) is 4.01. The molecule has 0 atom stereocenters. The van der Waals surface area contributed by atoms with Gasteiger partial charge in [0, 0.05) is 22.1 Å². The Hall–Kier alpha value is -3.43. The second-order valence-electron chi connectivity index (χ2n) is 6.93. The van der Waals surface area contributed by atoms with E-state index >= 15 is 0 Å². The molecule has 0 unspecified atom stereocenters. The summed E-state index contributed by atoms with van der Waals surface area (Å²) in [5, 5.41) is 7.76. The van der Waals surface area contributed by atoms with Gasteiger partial charge in [0.2, 0.25) is 0 Å². The van der Waals surface area contributed by atoms with Gasteiger partial charge in [0.15, 0.2) is 11.8 Å². The molecule has 1 heterocycles. The second kappa shape index (κ2) is 12.0. The molecule has 0 aliphatic carbocycles. The maximum absolute atomic E-state index is 12.0. The zero-order chi connectivity index (χ0) is 23.6. The molecule has 10 heteroatoms. The summed E-state index contributed by atoms with van der Waals surface area (Å²) in [6.45, 7) is 3.63. The van der Waals surface area contributed by atoms with Crippen molar-refractivity contribution in [3.8, 4) is 5.75 Å². The molecule has 2 N–H and O–H groups in total. The number of amides is 2. The molecule has 0 aliphatic rings. The average molecular weight is 484 g/mol. The molecule has 8 nitrogen and oxygen atoms in total. The highest BCUT2D eigenvalue weighted by Gasteiger charge is 2.06. The molecule has 2 amide bonds. The Labute approximate surface area is 200 Å². The van der Waals surface area contributed by atoms with Crippen LogP contribution in [0.5, 0.6) is 5.75 Å². The number of aryl methyl sites for hydroxylation is 2. The fourth-order valence-corrected chi connectivity index (χ4v) is 3.59. The van der Waals surface area contributed by atoms with E-state index in [1.807, 2.05) is 19.9 Å². The molecule has 0 aliphatic heterocycles. The van der Waals surface area contributed by atoms with E-state index in [-0.39, 0.29) is 24.2 Å². The number of benzene rings is 2. The highest BCUT2D eigenvalue weighted by molar-refractivity contribution is 7.99. The predicted molar refractivity (Wildman–Crippen MR) is 130 cm³/mol. The van der Waals surface area contributed by atoms with Crippen LogP contribution < -0.4 is 15.5 Å². The number of carbonyl (C=O) groups excluding carboxylic acids is 2. The minimum Gasteiger partial charge on any atom is -0.484 e. The van der Waals surface area contributed by atoms with E-state index in [9.17, 15) is 9.59 Å². The lowest BCUT2D eigenvalue weighted by Gasteiger charge is -2.08. The smallest absolute Gasteiger partial charge is 0.262 e. The molecule has 3 aromatic rings. The zero-order valence-corrected chi connectivity index (χ0v) is 19.6. The summed E-state index contributed by atoms with van der Waals surface area (Å²) >= 11 is 7.15. The molecule has 0 saturated heterocycles. The molecule has 0 fully saturated rings. The van der Waals surface area contributed by atoms with Crippen molar-refractivity contribution in [1.82, 2.24) is 15.4 Å². The molecular formula is C23H22ClN5O3S. The van der Waals surface area contributed by atoms with Gasteiger partial charge >= 0.3 is 0 Å². The molecule has 0 bridgehead atoms. The van der Waals surface area contributed by atoms with Crippen molar-refractivity contribution in [1.29, 1.82) is 0 Å². The first kappa shape index (κ1) is 24.2. The number of thioether (sulfide) groups is 1. The van der Waals surface area contributed by atoms with Gasteiger partial charge < -0.3 is 10.1 Å². The van der Waals surface area contributed by atoms with Crippen LogP contribution in [-0.2, 0) is 9.59 Å². The molecule has 3 rings (SSSR count). The maximum atomic E-state index is 12.0. The Morgan fingerprint density at radius 2 is 1.79 bits per heavy atom. The van der Waals surface area contributed by atoms with Crippen molar-refractivity contribution in [3.63, 3.8) is 0 Å². The summed E-state index contributed by atoms with van der Waals surface area (Å²) in [7, 11) is 0. The van der Waals surface area contributed by atoms with Crippen LogP contribution in [0, 0.1) is 13.8 Å². The summed E-state index contributed by atoms with van der Waals surface area (Å²) < 4.78 is 5.48. The number of rotatable bonds is 9. The Bertz CT molecular complexity index is 1130. The first-order valence-electron chi connectivity index (χ1n) is 9.92. The third kappa shape index (κ3) is 8.55. The van der Waals surface area contributed by atoms with E-state index in [4.69, 9.17) is 16.3 Å². The van der Waals surface area contributed by atoms with Gasteiger partial charge in [-0.05, 0) is 67.9 Å². The third-order valence-electron chi connectivity index (χ3n) is 4.06. The number of carbonyl (C=O) groups is 2. The lowest BCUT2D eigenvalue weighted by molar-refractivity contribution is -0.119. The number of nitrogens with zero attached hydrogens (tertiary/aromatic N) is 3. The van der Waals surface area contributed by atoms with Crippen LogP contribution in [0.3, 0.4) is 0 Å². The summed E-state index contributed by atoms with van der Waals surface area (Å²) in [5.74, 6) is 0.131. The summed E-state index contributed by atoms with van der Waals surface area (Å²) in [5.41, 5.74) is 5.55. The number of hydrogen-bond donors (Lipinski definition) is 2. The van der Waals surface area contributed by atoms with Gasteiger partial charge in [-0.25, -0.2) is 15.4 Å². The van der Waals surface area contributed by atoms with E-state index < -0.39 is 0 Å². The molecule has 1 aromatic heterocycles. The second-order valence-corrected chi connectivity index (χ2v) is 8.31. The molecular weight excluding hydrogens is 462 g/mol. The minimum absolute atomic E-state index is 0.141. The quantitative estimate of drug-likeness (QED) is 0.206. The summed E-state index contributed by atoms with van der Waals surface area (Å²) in [6.07, 6.45) is 1.52. The van der Waals surface area contributed by atoms with Crippen molar-refractivity contribution in [2.24, 2.45) is 5.10 Å². The average Bonchev–Trinajstić information content (AvgIpc) is 2.76. The van der Waals surface area contributed by atoms with Gasteiger partial charge in [-0.2, -0.15) is 5.10 Å². The van der Waals surface area contributed by atoms with Crippen molar-refractivity contribution >= 4 is 47.1 Å². The normalized spacial score (nSPS) is 10.8. The largest absolute Gasteiger partial charge is 0.484 e. The molecule has 0 spiro atoms. The standard InChI is InChI=1S/C23H22ClN5O3S/c1-15-10-16(2)27-23(26-15)33-14-22(31)29-25-12-17-6-8-20(9-7-17)32-13-21(30)28-19-5-3-4-18(24)11-19/h3-12H,13-14H2,1-2H3,(H,28,30)(H,29,31)/b25-12-. The van der Waals surface area contributed by atoms with Crippen molar-refractivity contribution in [2.45, 2.75) is 19.0 Å². The van der Waals surface area contributed by atoms with Crippen LogP contribution in [0.1, 0.15) is 17.0 Å². The van der Waals surface area contributed by atoms with E-state index in [1.54, 1.807) is 48.5 Å². The fraction of sp³-hybridized carbons (Fsp3) is 0.174. The molecule has 33 heavy (non-hydrogen) atoms. The molecule has 0 radical (unpaired) electrons. The van der Waals surface area contributed by atoms with Crippen molar-refractivity contribution in [3.05, 3.63) is 76.6 Å². The zero-order valence-electron chi connectivity index (χ0n) is 18.0. The van der Waals surface area contributed by atoms with Gasteiger partial charge in [-0.15, -0.1) is 0 Å². The monoisotopic (exact) mass is 483 g/mol. The van der Waals surface area contributed by atoms with E-state index in [0.29, 0.717) is 21.6 Å². The number of halogens is 1. The van der Waals surface area contributed by atoms with Gasteiger partial charge in [-0.1, -0.05) is 29.4 Å². The highest BCUT2D eigenvalue weighted by Crippen LogP contribution is 2.16. The minimum atomic E-state index is -0.297. The molecule has 2 aromatic carbocycles. The SMILES string of the molecule is Cc1cc(C)nc(SCC(=O)N/N=C\c2ccc(OCC(=O)Nc3cccc(Cl)c3)cc2)n1. The number of nitrogens with one attached hydrogen (secondary N) is 2. The van der Waals surface area contributed by atoms with Crippen LogP contribution in [0.4, 0.5) is 5.69 Å². The van der Waals surface area contributed by atoms with E-state index in [1.165, 1.54) is 18.0 Å². The lowest BCUT2D eigenvalue weighted by atomic mass is 10.2. The van der Waals surface area contributed by atoms with E-state index in [2.05, 4.69) is 25.8 Å². The third-order valence-corrected chi connectivity index (χ3v) is 5.14. The summed E-state index contributed by atoms with van der Waals surface area (Å²) in [6, 6.07) is 15.7. The number of hydrazone groups is 1. The Kier molecular flexibility index (Phi) is 8.79. The number of aromatic nitrogens is 2. The van der Waals surface area contributed by atoms with Crippen LogP contribution in [0.15, 0.2) is 64.9 Å². The van der Waals surface area contributed by atoms with Crippen LogP contribution >= 0.6 is 23.4 Å². The highest BCUT2D eigenvalue weighted by atomic mass is 35.5. The number of anilines is 1. The topological polar surface area (TPSA) is 106 Å². The fourth-order valence-electron chi connectivity index (χ4n) is 2.66. The number of hydrogen-bond acceptors (Lipinski definition) is 7. The molecule has 170 valence electrons. The first-order chi connectivity index (χ1) is 15.9. The van der Waals surface area contributed by atoms with E-state index in [0.717, 1.165) is 17.0 Å². The van der Waals surface area contributed by atoms with Crippen molar-refractivity contribution < 1.29 is 14.3 Å². The van der Waals surface area contributed by atoms with Gasteiger partial charge in [-0.3, -0.25) is 9.59 Å². The van der Waals surface area contributed by atoms with Gasteiger partial charge in [0.05, 0.1) is 12.0 Å². The van der Waals surface area contributed by atoms with Crippen LogP contribution in [-0.4, -0.2) is 40.4 Å². The maximum Gasteiger partial charge on any atom is 0.262 e. The Balaban J connectivity index is 1.40.